The second kappa shape index (κ2) is 66.1. The van der Waals surface area contributed by atoms with E-state index in [9.17, 15) is 14.4 Å². The average molecular weight is 1080 g/mol. The normalized spacial score (nSPS) is 12.2. The fourth-order valence-electron chi connectivity index (χ4n) is 10.4. The van der Waals surface area contributed by atoms with Crippen LogP contribution in [0, 0.1) is 0 Å². The molecule has 0 saturated carbocycles. The topological polar surface area (TPSA) is 78.9 Å². The van der Waals surface area contributed by atoms with Gasteiger partial charge in [-0.25, -0.2) is 0 Å². The highest BCUT2D eigenvalue weighted by atomic mass is 16.6. The zero-order valence-electron chi connectivity index (χ0n) is 52.0. The van der Waals surface area contributed by atoms with Gasteiger partial charge in [0.05, 0.1) is 0 Å². The van der Waals surface area contributed by atoms with E-state index in [2.05, 4.69) is 57.2 Å². The van der Waals surface area contributed by atoms with Crippen LogP contribution in [0.2, 0.25) is 0 Å². The van der Waals surface area contributed by atoms with Crippen molar-refractivity contribution in [2.75, 3.05) is 13.2 Å². The largest absolute Gasteiger partial charge is 0.462 e. The lowest BCUT2D eigenvalue weighted by Gasteiger charge is -2.18. The number of esters is 3. The summed E-state index contributed by atoms with van der Waals surface area (Å²) in [6.07, 6.45) is 82.0. The van der Waals surface area contributed by atoms with Crippen molar-refractivity contribution in [3.8, 4) is 0 Å². The van der Waals surface area contributed by atoms with Gasteiger partial charge in [-0.15, -0.1) is 0 Å². The maximum atomic E-state index is 12.9. The summed E-state index contributed by atoms with van der Waals surface area (Å²) in [6, 6.07) is 0. The van der Waals surface area contributed by atoms with Crippen molar-refractivity contribution in [2.24, 2.45) is 0 Å². The van der Waals surface area contributed by atoms with E-state index in [4.69, 9.17) is 14.2 Å². The molecule has 0 fully saturated rings. The quantitative estimate of drug-likeness (QED) is 0.0261. The smallest absolute Gasteiger partial charge is 0.306 e. The molecule has 1 unspecified atom stereocenters. The molecule has 77 heavy (non-hydrogen) atoms. The molecule has 0 aliphatic carbocycles. The zero-order chi connectivity index (χ0) is 55.7. The first kappa shape index (κ1) is 74.6. The third kappa shape index (κ3) is 64.3. The highest BCUT2D eigenvalue weighted by Gasteiger charge is 2.19. The van der Waals surface area contributed by atoms with E-state index in [1.165, 1.54) is 250 Å². The Morgan fingerprint density at radius 1 is 0.260 bits per heavy atom. The highest BCUT2D eigenvalue weighted by Crippen LogP contribution is 2.19. The molecule has 0 radical (unpaired) electrons. The molecule has 0 N–H and O–H groups in total. The molecule has 0 saturated heterocycles. The van der Waals surface area contributed by atoms with Crippen LogP contribution in [0.4, 0.5) is 0 Å². The van der Waals surface area contributed by atoms with E-state index < -0.39 is 6.10 Å². The van der Waals surface area contributed by atoms with Crippen LogP contribution < -0.4 is 0 Å². The van der Waals surface area contributed by atoms with Gasteiger partial charge in [-0.3, -0.25) is 14.4 Å². The van der Waals surface area contributed by atoms with Gasteiger partial charge in [0.25, 0.3) is 0 Å². The van der Waals surface area contributed by atoms with Gasteiger partial charge >= 0.3 is 17.9 Å². The Hall–Kier alpha value is -2.37. The number of unbranched alkanes of at least 4 members (excludes halogenated alkanes) is 47. The van der Waals surface area contributed by atoms with Crippen molar-refractivity contribution >= 4 is 17.9 Å². The Morgan fingerprint density at radius 2 is 0.481 bits per heavy atom. The lowest BCUT2D eigenvalue weighted by atomic mass is 10.0. The predicted octanol–water partition coefficient (Wildman–Crippen LogP) is 23.6. The van der Waals surface area contributed by atoms with Gasteiger partial charge in [0.15, 0.2) is 6.10 Å². The molecular weight excluding hydrogens is 949 g/mol. The molecule has 0 aliphatic rings. The van der Waals surface area contributed by atoms with Crippen LogP contribution in [0.1, 0.15) is 380 Å². The summed E-state index contributed by atoms with van der Waals surface area (Å²) in [6.45, 7) is 6.61. The van der Waals surface area contributed by atoms with E-state index >= 15 is 0 Å². The Labute approximate surface area is 480 Å². The minimum atomic E-state index is -0.781. The molecule has 0 spiro atoms. The van der Waals surface area contributed by atoms with Crippen LogP contribution in [-0.2, 0) is 28.6 Å². The van der Waals surface area contributed by atoms with Crippen molar-refractivity contribution in [3.05, 3.63) is 36.5 Å². The Balaban J connectivity index is 4.04. The van der Waals surface area contributed by atoms with Gasteiger partial charge in [-0.1, -0.05) is 327 Å². The van der Waals surface area contributed by atoms with Crippen LogP contribution in [0.5, 0.6) is 0 Å². The highest BCUT2D eigenvalue weighted by molar-refractivity contribution is 5.71. The lowest BCUT2D eigenvalue weighted by molar-refractivity contribution is -0.167. The summed E-state index contributed by atoms with van der Waals surface area (Å²) < 4.78 is 16.9. The Morgan fingerprint density at radius 3 is 0.792 bits per heavy atom. The molecule has 0 aliphatic heterocycles. The molecule has 452 valence electrons. The molecule has 0 heterocycles. The van der Waals surface area contributed by atoms with Gasteiger partial charge in [0, 0.05) is 19.3 Å². The van der Waals surface area contributed by atoms with Crippen LogP contribution in [-0.4, -0.2) is 37.2 Å². The van der Waals surface area contributed by atoms with Crippen LogP contribution in [0.15, 0.2) is 36.5 Å². The van der Waals surface area contributed by atoms with Gasteiger partial charge in [-0.2, -0.15) is 0 Å². The summed E-state index contributed by atoms with van der Waals surface area (Å²) in [5.74, 6) is -0.880. The standard InChI is InChI=1S/C71H132O6/c1-4-7-10-13-16-19-22-24-26-27-28-29-30-31-32-33-34-35-36-37-38-39-40-41-42-43-45-46-49-52-55-58-61-64-70(73)76-67-68(66-75-69(72)63-60-57-54-51-48-21-18-15-12-9-6-3)77-71(74)65-62-59-56-53-50-47-44-25-23-20-17-14-11-8-5-2/h15,17-18,20,25,44,68H,4-14,16,19,21-24,26-43,45-67H2,1-3H3/b18-15-,20-17-,44-25-. The number of carbonyl (C=O) groups excluding carboxylic acids is 3. The minimum Gasteiger partial charge on any atom is -0.462 e. The van der Waals surface area contributed by atoms with E-state index in [0.29, 0.717) is 19.3 Å². The molecule has 1 atom stereocenters. The van der Waals surface area contributed by atoms with Crippen LogP contribution in [0.3, 0.4) is 0 Å². The number of hydrogen-bond acceptors (Lipinski definition) is 6. The zero-order valence-corrected chi connectivity index (χ0v) is 52.0. The molecule has 6 nitrogen and oxygen atoms in total. The number of carbonyl (C=O) groups is 3. The molecule has 0 aromatic rings. The van der Waals surface area contributed by atoms with Crippen molar-refractivity contribution in [3.63, 3.8) is 0 Å². The third-order valence-electron chi connectivity index (χ3n) is 15.6. The maximum absolute atomic E-state index is 12.9. The fourth-order valence-corrected chi connectivity index (χ4v) is 10.4. The monoisotopic (exact) mass is 1080 g/mol. The molecule has 0 aromatic heterocycles. The summed E-state index contributed by atoms with van der Waals surface area (Å²) in [5, 5.41) is 0. The Kier molecular flexibility index (Phi) is 64.1. The summed E-state index contributed by atoms with van der Waals surface area (Å²) in [4.78, 5) is 38.2. The maximum Gasteiger partial charge on any atom is 0.306 e. The first-order valence-electron chi connectivity index (χ1n) is 34.5. The van der Waals surface area contributed by atoms with Gasteiger partial charge in [0.2, 0.25) is 0 Å². The number of hydrogen-bond donors (Lipinski definition) is 0. The van der Waals surface area contributed by atoms with Crippen molar-refractivity contribution in [1.29, 1.82) is 0 Å². The first-order chi connectivity index (χ1) is 38.0. The van der Waals surface area contributed by atoms with E-state index in [1.54, 1.807) is 0 Å². The predicted molar refractivity (Wildman–Crippen MR) is 335 cm³/mol. The summed E-state index contributed by atoms with van der Waals surface area (Å²) in [5.41, 5.74) is 0. The number of allylic oxidation sites excluding steroid dienone is 6. The van der Waals surface area contributed by atoms with Crippen LogP contribution in [0.25, 0.3) is 0 Å². The van der Waals surface area contributed by atoms with E-state index in [-0.39, 0.29) is 31.1 Å². The SMILES string of the molecule is CCCC/C=C\CCCCCCCC(=O)OCC(COC(=O)CCCCCCCCCCCCCCCCCCCCCCCCCCCCCCCCCCC)OC(=O)CCCCCCC/C=C\C/C=C\CCCCC. The molecule has 0 rings (SSSR count). The lowest BCUT2D eigenvalue weighted by Crippen LogP contribution is -2.30. The van der Waals surface area contributed by atoms with Gasteiger partial charge in [-0.05, 0) is 70.6 Å². The molecule has 0 amide bonds. The number of rotatable bonds is 64. The van der Waals surface area contributed by atoms with Crippen molar-refractivity contribution < 1.29 is 28.6 Å². The summed E-state index contributed by atoms with van der Waals surface area (Å²) in [7, 11) is 0. The second-order valence-corrected chi connectivity index (χ2v) is 23.4. The van der Waals surface area contributed by atoms with E-state index in [1.807, 2.05) is 0 Å². The van der Waals surface area contributed by atoms with Crippen molar-refractivity contribution in [1.82, 2.24) is 0 Å². The van der Waals surface area contributed by atoms with Crippen molar-refractivity contribution in [2.45, 2.75) is 386 Å². The number of ether oxygens (including phenoxy) is 3. The molecule has 0 aromatic carbocycles. The van der Waals surface area contributed by atoms with Gasteiger partial charge in [0.1, 0.15) is 13.2 Å². The minimum absolute atomic E-state index is 0.0768. The average Bonchev–Trinajstić information content (AvgIpc) is 3.43. The molecule has 6 heteroatoms. The van der Waals surface area contributed by atoms with E-state index in [0.717, 1.165) is 89.9 Å². The first-order valence-corrected chi connectivity index (χ1v) is 34.5. The summed E-state index contributed by atoms with van der Waals surface area (Å²) >= 11 is 0. The Bertz CT molecular complexity index is 1290. The molecular formula is C71H132O6. The van der Waals surface area contributed by atoms with Gasteiger partial charge < -0.3 is 14.2 Å². The third-order valence-corrected chi connectivity index (χ3v) is 15.6. The van der Waals surface area contributed by atoms with Crippen LogP contribution >= 0.6 is 0 Å². The molecule has 0 bridgehead atoms. The fraction of sp³-hybridized carbons (Fsp3) is 0.873. The second-order valence-electron chi connectivity index (χ2n) is 23.4.